The van der Waals surface area contributed by atoms with Crippen molar-refractivity contribution in [1.82, 2.24) is 0 Å². The molecule has 0 amide bonds. The van der Waals surface area contributed by atoms with Gasteiger partial charge in [0, 0.05) is 12.0 Å². The van der Waals surface area contributed by atoms with E-state index < -0.39 is 0 Å². The van der Waals surface area contributed by atoms with Crippen LogP contribution < -0.4 is 0 Å². The molecule has 0 aliphatic heterocycles. The highest BCUT2D eigenvalue weighted by Crippen LogP contribution is 2.47. The molecule has 1 heteroatoms. The molecule has 0 spiro atoms. The molecule has 0 fully saturated rings. The van der Waals surface area contributed by atoms with Gasteiger partial charge in [0.15, 0.2) is 5.78 Å². The summed E-state index contributed by atoms with van der Waals surface area (Å²) in [6.07, 6.45) is 5.06. The molecule has 2 aromatic rings. The van der Waals surface area contributed by atoms with Gasteiger partial charge in [0.1, 0.15) is 0 Å². The summed E-state index contributed by atoms with van der Waals surface area (Å²) >= 11 is 0. The van der Waals surface area contributed by atoms with Crippen LogP contribution in [0.3, 0.4) is 0 Å². The molecule has 3 rings (SSSR count). The van der Waals surface area contributed by atoms with Crippen LogP contribution in [0.2, 0.25) is 0 Å². The van der Waals surface area contributed by atoms with Crippen LogP contribution in [0.15, 0.2) is 43.0 Å². The number of benzene rings is 2. The van der Waals surface area contributed by atoms with Crippen LogP contribution in [0.1, 0.15) is 105 Å². The number of carbonyl (C=O) groups is 1. The average molecular weight is 389 g/mol. The Morgan fingerprint density at radius 2 is 1.45 bits per heavy atom. The topological polar surface area (TPSA) is 17.1 Å². The van der Waals surface area contributed by atoms with Gasteiger partial charge >= 0.3 is 0 Å². The third kappa shape index (κ3) is 4.25. The summed E-state index contributed by atoms with van der Waals surface area (Å²) in [6.45, 7) is 18.2. The Kier molecular flexibility index (Phi) is 5.90. The fourth-order valence-electron chi connectivity index (χ4n) is 4.54. The van der Waals surface area contributed by atoms with Crippen LogP contribution in [0.4, 0.5) is 0 Å². The Balaban J connectivity index is 1.95. The van der Waals surface area contributed by atoms with Gasteiger partial charge in [0.25, 0.3) is 0 Å². The SMILES string of the molecule is C=C(c1ccc(C(=O)CCCC)cc1)c1cc2c(cc1C)C(C)(C)CCC2(C)C. The van der Waals surface area contributed by atoms with E-state index in [9.17, 15) is 4.79 Å². The quantitative estimate of drug-likeness (QED) is 0.462. The number of Topliss-reactive ketones (excluding diaryl/α,β-unsaturated/α-hetero) is 1. The first kappa shape index (κ1) is 21.6. The zero-order valence-electron chi connectivity index (χ0n) is 19.1. The molecule has 0 unspecified atom stereocenters. The number of hydrogen-bond acceptors (Lipinski definition) is 1. The van der Waals surface area contributed by atoms with E-state index in [4.69, 9.17) is 0 Å². The van der Waals surface area contributed by atoms with Gasteiger partial charge in [-0.25, -0.2) is 0 Å². The summed E-state index contributed by atoms with van der Waals surface area (Å²) in [6, 6.07) is 12.8. The van der Waals surface area contributed by atoms with Gasteiger partial charge in [-0.1, -0.05) is 84.0 Å². The standard InChI is InChI=1S/C28H36O/c1-8-9-10-26(29)22-13-11-21(12-14-22)20(3)23-18-25-24(17-19(23)2)27(4,5)15-16-28(25,6)7/h11-14,17-18H,3,8-10,15-16H2,1-2,4-7H3. The lowest BCUT2D eigenvalue weighted by molar-refractivity contribution is 0.0980. The molecule has 0 radical (unpaired) electrons. The number of aryl methyl sites for hydroxylation is 1. The molecule has 0 saturated carbocycles. The van der Waals surface area contributed by atoms with Crippen molar-refractivity contribution < 1.29 is 4.79 Å². The molecule has 1 aliphatic carbocycles. The average Bonchev–Trinajstić information content (AvgIpc) is 2.69. The van der Waals surface area contributed by atoms with Crippen molar-refractivity contribution >= 4 is 11.4 Å². The van der Waals surface area contributed by atoms with Gasteiger partial charge in [0.2, 0.25) is 0 Å². The molecule has 0 saturated heterocycles. The van der Waals surface area contributed by atoms with Crippen molar-refractivity contribution in [2.24, 2.45) is 0 Å². The third-order valence-corrected chi connectivity index (χ3v) is 6.84. The second kappa shape index (κ2) is 7.94. The number of unbranched alkanes of at least 4 members (excludes halogenated alkanes) is 1. The predicted octanol–water partition coefficient (Wildman–Crippen LogP) is 7.78. The van der Waals surface area contributed by atoms with Crippen molar-refractivity contribution in [3.63, 3.8) is 0 Å². The monoisotopic (exact) mass is 388 g/mol. The fraction of sp³-hybridized carbons (Fsp3) is 0.464. The maximum Gasteiger partial charge on any atom is 0.162 e. The molecule has 0 bridgehead atoms. The van der Waals surface area contributed by atoms with Gasteiger partial charge in [-0.2, -0.15) is 0 Å². The van der Waals surface area contributed by atoms with E-state index in [1.165, 1.54) is 35.1 Å². The Morgan fingerprint density at radius 3 is 2.00 bits per heavy atom. The molecule has 0 heterocycles. The fourth-order valence-corrected chi connectivity index (χ4v) is 4.54. The Labute approximate surface area is 177 Å². The largest absolute Gasteiger partial charge is 0.294 e. The van der Waals surface area contributed by atoms with Gasteiger partial charge < -0.3 is 0 Å². The minimum Gasteiger partial charge on any atom is -0.294 e. The van der Waals surface area contributed by atoms with Gasteiger partial charge in [0.05, 0.1) is 0 Å². The third-order valence-electron chi connectivity index (χ3n) is 6.84. The summed E-state index contributed by atoms with van der Waals surface area (Å²) in [5, 5.41) is 0. The predicted molar refractivity (Wildman–Crippen MR) is 125 cm³/mol. The maximum absolute atomic E-state index is 12.3. The van der Waals surface area contributed by atoms with Crippen LogP contribution in [-0.2, 0) is 10.8 Å². The molecule has 154 valence electrons. The van der Waals surface area contributed by atoms with E-state index in [1.807, 2.05) is 12.1 Å². The van der Waals surface area contributed by atoms with Gasteiger partial charge in [-0.05, 0) is 70.4 Å². The van der Waals surface area contributed by atoms with E-state index in [1.54, 1.807) is 0 Å². The summed E-state index contributed by atoms with van der Waals surface area (Å²) in [5.41, 5.74) is 8.79. The lowest BCUT2D eigenvalue weighted by Gasteiger charge is -2.42. The molecule has 0 atom stereocenters. The zero-order valence-corrected chi connectivity index (χ0v) is 19.1. The molecular formula is C28H36O. The minimum absolute atomic E-state index is 0.184. The van der Waals surface area contributed by atoms with Crippen molar-refractivity contribution in [2.75, 3.05) is 0 Å². The lowest BCUT2D eigenvalue weighted by atomic mass is 9.62. The van der Waals surface area contributed by atoms with Gasteiger partial charge in [-0.15, -0.1) is 0 Å². The van der Waals surface area contributed by atoms with Crippen molar-refractivity contribution in [3.05, 3.63) is 76.4 Å². The van der Waals surface area contributed by atoms with Crippen molar-refractivity contribution in [3.8, 4) is 0 Å². The number of carbonyl (C=O) groups excluding carboxylic acids is 1. The molecule has 1 nitrogen and oxygen atoms in total. The van der Waals surface area contributed by atoms with Crippen LogP contribution in [0.5, 0.6) is 0 Å². The first-order valence-electron chi connectivity index (χ1n) is 11.1. The lowest BCUT2D eigenvalue weighted by Crippen LogP contribution is -2.34. The minimum atomic E-state index is 0.184. The highest BCUT2D eigenvalue weighted by Gasteiger charge is 2.37. The van der Waals surface area contributed by atoms with Gasteiger partial charge in [-0.3, -0.25) is 4.79 Å². The smallest absolute Gasteiger partial charge is 0.162 e. The van der Waals surface area contributed by atoms with Crippen LogP contribution >= 0.6 is 0 Å². The normalized spacial score (nSPS) is 16.9. The number of hydrogen-bond donors (Lipinski definition) is 0. The number of rotatable bonds is 6. The summed E-state index contributed by atoms with van der Waals surface area (Å²) in [7, 11) is 0. The molecule has 29 heavy (non-hydrogen) atoms. The van der Waals surface area contributed by atoms with E-state index in [-0.39, 0.29) is 16.6 Å². The highest BCUT2D eigenvalue weighted by atomic mass is 16.1. The highest BCUT2D eigenvalue weighted by molar-refractivity contribution is 5.96. The van der Waals surface area contributed by atoms with Crippen LogP contribution in [-0.4, -0.2) is 5.78 Å². The second-order valence-electron chi connectivity index (χ2n) is 10.1. The van der Waals surface area contributed by atoms with E-state index >= 15 is 0 Å². The number of ketones is 1. The zero-order chi connectivity index (χ0) is 21.4. The molecule has 0 aromatic heterocycles. The Bertz CT molecular complexity index is 926. The Morgan fingerprint density at radius 1 is 0.931 bits per heavy atom. The van der Waals surface area contributed by atoms with E-state index in [0.717, 1.165) is 29.5 Å². The second-order valence-corrected chi connectivity index (χ2v) is 10.1. The molecule has 2 aromatic carbocycles. The van der Waals surface area contributed by atoms with Crippen molar-refractivity contribution in [1.29, 1.82) is 0 Å². The molecular weight excluding hydrogens is 352 g/mol. The summed E-state index contributed by atoms with van der Waals surface area (Å²) in [4.78, 5) is 12.3. The maximum atomic E-state index is 12.3. The molecule has 1 aliphatic rings. The first-order chi connectivity index (χ1) is 13.6. The van der Waals surface area contributed by atoms with E-state index in [0.29, 0.717) is 6.42 Å². The summed E-state index contributed by atoms with van der Waals surface area (Å²) < 4.78 is 0. The summed E-state index contributed by atoms with van der Waals surface area (Å²) in [5.74, 6) is 0.234. The van der Waals surface area contributed by atoms with Crippen molar-refractivity contribution in [2.45, 2.75) is 84.5 Å². The Hall–Kier alpha value is -2.15. The van der Waals surface area contributed by atoms with Crippen LogP contribution in [0.25, 0.3) is 5.57 Å². The molecule has 0 N–H and O–H groups in total. The first-order valence-corrected chi connectivity index (χ1v) is 11.1. The van der Waals surface area contributed by atoms with E-state index in [2.05, 4.69) is 72.4 Å². The van der Waals surface area contributed by atoms with Crippen LogP contribution in [0, 0.1) is 6.92 Å². The number of fused-ring (bicyclic) bond motifs is 1.